The van der Waals surface area contributed by atoms with E-state index in [1.165, 1.54) is 22.1 Å². The fourth-order valence-corrected chi connectivity index (χ4v) is 4.35. The summed E-state index contributed by atoms with van der Waals surface area (Å²) < 4.78 is 37.6. The Morgan fingerprint density at radius 3 is 2.84 bits per heavy atom. The number of hydrogen-bond acceptors (Lipinski definition) is 8. The lowest BCUT2D eigenvalue weighted by atomic mass is 10.2. The molecule has 2 aromatic rings. The highest BCUT2D eigenvalue weighted by atomic mass is 32.2. The predicted octanol–water partition coefficient (Wildman–Crippen LogP) is 1.76. The van der Waals surface area contributed by atoms with E-state index in [1.807, 2.05) is 6.07 Å². The summed E-state index contributed by atoms with van der Waals surface area (Å²) in [5.74, 6) is 0.808. The Morgan fingerprint density at radius 2 is 2.08 bits per heavy atom. The summed E-state index contributed by atoms with van der Waals surface area (Å²) in [5.41, 5.74) is 0.536. The van der Waals surface area contributed by atoms with Crippen LogP contribution in [0.1, 0.15) is 6.42 Å². The van der Waals surface area contributed by atoms with E-state index in [1.54, 1.807) is 18.2 Å². The van der Waals surface area contributed by atoms with E-state index in [0.29, 0.717) is 49.3 Å². The maximum absolute atomic E-state index is 12.7. The van der Waals surface area contributed by atoms with Crippen molar-refractivity contribution in [1.29, 1.82) is 5.26 Å². The molecule has 1 aliphatic rings. The lowest BCUT2D eigenvalue weighted by Crippen LogP contribution is -2.40. The summed E-state index contributed by atoms with van der Waals surface area (Å²) >= 11 is 1.29. The average Bonchev–Trinajstić information content (AvgIpc) is 3.12. The molecule has 0 amide bonds. The van der Waals surface area contributed by atoms with Gasteiger partial charge in [0, 0.05) is 30.8 Å². The van der Waals surface area contributed by atoms with Crippen molar-refractivity contribution >= 4 is 21.8 Å². The molecular formula is C15H16N4O4S2. The second-order valence-corrected chi connectivity index (χ2v) is 8.16. The molecule has 0 radical (unpaired) electrons. The minimum atomic E-state index is -3.58. The van der Waals surface area contributed by atoms with Gasteiger partial charge in [0.05, 0.1) is 24.2 Å². The van der Waals surface area contributed by atoms with E-state index < -0.39 is 10.0 Å². The first-order valence-electron chi connectivity index (χ1n) is 7.63. The molecule has 1 aliphatic heterocycles. The van der Waals surface area contributed by atoms with Gasteiger partial charge < -0.3 is 9.15 Å². The van der Waals surface area contributed by atoms with Crippen molar-refractivity contribution in [3.8, 4) is 17.5 Å². The first-order valence-corrected chi connectivity index (χ1v) is 10.1. The van der Waals surface area contributed by atoms with E-state index in [2.05, 4.69) is 10.2 Å². The fourth-order valence-electron chi connectivity index (χ4n) is 2.29. The van der Waals surface area contributed by atoms with Gasteiger partial charge in [-0.05, 0) is 18.2 Å². The lowest BCUT2D eigenvalue weighted by molar-refractivity contribution is 0.0730. The van der Waals surface area contributed by atoms with Crippen LogP contribution in [0.15, 0.2) is 38.8 Å². The zero-order chi connectivity index (χ0) is 17.7. The number of nitrogens with zero attached hydrogens (tertiary/aromatic N) is 4. The third-order valence-electron chi connectivity index (χ3n) is 3.53. The molecule has 0 spiro atoms. The molecular weight excluding hydrogens is 364 g/mol. The van der Waals surface area contributed by atoms with Gasteiger partial charge in [0.25, 0.3) is 5.22 Å². The molecule has 1 aromatic carbocycles. The molecule has 0 bridgehead atoms. The SMILES string of the molecule is N#CCCSc1nnc(-c2cccc(S(=O)(=O)N3CCOCC3)c2)o1. The van der Waals surface area contributed by atoms with E-state index in [-0.39, 0.29) is 10.8 Å². The van der Waals surface area contributed by atoms with Crippen molar-refractivity contribution in [1.82, 2.24) is 14.5 Å². The number of rotatable bonds is 6. The molecule has 0 aliphatic carbocycles. The Bertz CT molecular complexity index is 870. The van der Waals surface area contributed by atoms with E-state index >= 15 is 0 Å². The number of hydrogen-bond donors (Lipinski definition) is 0. The van der Waals surface area contributed by atoms with Crippen LogP contribution in [-0.2, 0) is 14.8 Å². The molecule has 0 N–H and O–H groups in total. The van der Waals surface area contributed by atoms with Crippen molar-refractivity contribution in [3.63, 3.8) is 0 Å². The summed E-state index contributed by atoms with van der Waals surface area (Å²) in [4.78, 5) is 0.184. The topological polar surface area (TPSA) is 109 Å². The number of ether oxygens (including phenoxy) is 1. The minimum Gasteiger partial charge on any atom is -0.411 e. The van der Waals surface area contributed by atoms with Crippen LogP contribution in [0.3, 0.4) is 0 Å². The number of thioether (sulfide) groups is 1. The second-order valence-electron chi connectivity index (χ2n) is 5.17. The first kappa shape index (κ1) is 17.9. The Kier molecular flexibility index (Phi) is 5.70. The van der Waals surface area contributed by atoms with Crippen LogP contribution in [0, 0.1) is 11.3 Å². The van der Waals surface area contributed by atoms with Crippen LogP contribution in [0.25, 0.3) is 11.5 Å². The Labute approximate surface area is 149 Å². The number of benzene rings is 1. The van der Waals surface area contributed by atoms with E-state index in [4.69, 9.17) is 14.4 Å². The summed E-state index contributed by atoms with van der Waals surface area (Å²) in [6.45, 7) is 1.47. The second kappa shape index (κ2) is 7.97. The molecule has 0 saturated carbocycles. The summed E-state index contributed by atoms with van der Waals surface area (Å²) in [5, 5.41) is 16.8. The number of aromatic nitrogens is 2. The quantitative estimate of drug-likeness (QED) is 0.551. The van der Waals surface area contributed by atoms with Gasteiger partial charge in [-0.25, -0.2) is 8.42 Å². The van der Waals surface area contributed by atoms with Crippen LogP contribution >= 0.6 is 11.8 Å². The molecule has 2 heterocycles. The molecule has 3 rings (SSSR count). The summed E-state index contributed by atoms with van der Waals surface area (Å²) in [6, 6.07) is 8.49. The number of sulfonamides is 1. The van der Waals surface area contributed by atoms with Gasteiger partial charge in [0.15, 0.2) is 0 Å². The maximum atomic E-state index is 12.7. The van der Waals surface area contributed by atoms with Crippen LogP contribution in [0.2, 0.25) is 0 Å². The van der Waals surface area contributed by atoms with Crippen LogP contribution < -0.4 is 0 Å². The van der Waals surface area contributed by atoms with Gasteiger partial charge in [0.1, 0.15) is 0 Å². The summed E-state index contributed by atoms with van der Waals surface area (Å²) in [6.07, 6.45) is 0.385. The molecule has 8 nitrogen and oxygen atoms in total. The van der Waals surface area contributed by atoms with Crippen molar-refractivity contribution in [3.05, 3.63) is 24.3 Å². The largest absolute Gasteiger partial charge is 0.411 e. The van der Waals surface area contributed by atoms with Crippen molar-refractivity contribution < 1.29 is 17.6 Å². The first-order chi connectivity index (χ1) is 12.1. The molecule has 10 heteroatoms. The van der Waals surface area contributed by atoms with Gasteiger partial charge >= 0.3 is 0 Å². The van der Waals surface area contributed by atoms with Crippen LogP contribution in [0.4, 0.5) is 0 Å². The third-order valence-corrected chi connectivity index (χ3v) is 6.25. The van der Waals surface area contributed by atoms with Gasteiger partial charge in [-0.2, -0.15) is 9.57 Å². The zero-order valence-electron chi connectivity index (χ0n) is 13.3. The predicted molar refractivity (Wildman–Crippen MR) is 90.3 cm³/mol. The van der Waals surface area contributed by atoms with Crippen molar-refractivity contribution in [2.24, 2.45) is 0 Å². The van der Waals surface area contributed by atoms with Gasteiger partial charge in [0.2, 0.25) is 15.9 Å². The highest BCUT2D eigenvalue weighted by Crippen LogP contribution is 2.26. The van der Waals surface area contributed by atoms with E-state index in [0.717, 1.165) is 0 Å². The van der Waals surface area contributed by atoms with Gasteiger partial charge in [-0.15, -0.1) is 10.2 Å². The van der Waals surface area contributed by atoms with Crippen molar-refractivity contribution in [2.75, 3.05) is 32.1 Å². The number of nitriles is 1. The molecule has 1 aromatic heterocycles. The molecule has 25 heavy (non-hydrogen) atoms. The van der Waals surface area contributed by atoms with Gasteiger partial charge in [-0.1, -0.05) is 17.8 Å². The lowest BCUT2D eigenvalue weighted by Gasteiger charge is -2.26. The molecule has 0 unspecified atom stereocenters. The van der Waals surface area contributed by atoms with Crippen LogP contribution in [0.5, 0.6) is 0 Å². The highest BCUT2D eigenvalue weighted by Gasteiger charge is 2.26. The van der Waals surface area contributed by atoms with Gasteiger partial charge in [-0.3, -0.25) is 0 Å². The minimum absolute atomic E-state index is 0.184. The zero-order valence-corrected chi connectivity index (χ0v) is 14.9. The molecule has 1 saturated heterocycles. The summed E-state index contributed by atoms with van der Waals surface area (Å²) in [7, 11) is -3.58. The molecule has 0 atom stereocenters. The Morgan fingerprint density at radius 1 is 1.28 bits per heavy atom. The monoisotopic (exact) mass is 380 g/mol. The van der Waals surface area contributed by atoms with Crippen LogP contribution in [-0.4, -0.2) is 55.0 Å². The number of morpholine rings is 1. The normalized spacial score (nSPS) is 15.8. The Balaban J connectivity index is 1.81. The fraction of sp³-hybridized carbons (Fsp3) is 0.400. The smallest absolute Gasteiger partial charge is 0.276 e. The standard InChI is InChI=1S/C15H16N4O4S2/c16-5-2-10-24-15-18-17-14(23-15)12-3-1-4-13(11-12)25(20,21)19-6-8-22-9-7-19/h1,3-4,11H,2,6-10H2. The highest BCUT2D eigenvalue weighted by molar-refractivity contribution is 7.99. The Hall–Kier alpha value is -1.93. The average molecular weight is 380 g/mol. The molecule has 1 fully saturated rings. The third kappa shape index (κ3) is 4.19. The maximum Gasteiger partial charge on any atom is 0.276 e. The molecule has 132 valence electrons. The van der Waals surface area contributed by atoms with E-state index in [9.17, 15) is 8.42 Å². The van der Waals surface area contributed by atoms with Crippen molar-refractivity contribution in [2.45, 2.75) is 16.5 Å².